The average Bonchev–Trinajstić information content (AvgIpc) is 2.26. The number of hydrogen-bond acceptors (Lipinski definition) is 8. The Bertz CT molecular complexity index is 360. The molecule has 2 atom stereocenters. The summed E-state index contributed by atoms with van der Waals surface area (Å²) >= 11 is 0. The third-order valence-electron chi connectivity index (χ3n) is 1.31. The molecule has 2 unspecified atom stereocenters. The fourth-order valence-corrected chi connectivity index (χ4v) is 0.923. The highest BCUT2D eigenvalue weighted by atomic mass is 31.2. The van der Waals surface area contributed by atoms with Gasteiger partial charge in [-0.1, -0.05) is 0 Å². The molecule has 10 heteroatoms. The van der Waals surface area contributed by atoms with Crippen LogP contribution in [-0.4, -0.2) is 44.4 Å². The molecule has 17 heavy (non-hydrogen) atoms. The highest BCUT2D eigenvalue weighted by Gasteiger charge is 2.03. The summed E-state index contributed by atoms with van der Waals surface area (Å²) in [5.74, 6) is 0.338. The molecule has 0 spiro atoms. The topological polar surface area (TPSA) is 168 Å². The molecule has 9 nitrogen and oxygen atoms in total. The van der Waals surface area contributed by atoms with Crippen molar-refractivity contribution in [3.05, 3.63) is 22.7 Å². The molecule has 0 radical (unpaired) electrons. The van der Waals surface area contributed by atoms with Crippen molar-refractivity contribution >= 4 is 14.3 Å². The van der Waals surface area contributed by atoms with Crippen LogP contribution in [0.4, 0.5) is 5.82 Å². The average molecular weight is 266 g/mol. The summed E-state index contributed by atoms with van der Waals surface area (Å²) in [5, 5.41) is 16.8. The first-order valence-corrected chi connectivity index (χ1v) is 5.70. The molecule has 0 amide bonds. The lowest BCUT2D eigenvalue weighted by Crippen LogP contribution is -2.18. The monoisotopic (exact) mass is 266 g/mol. The number of anilines is 1. The van der Waals surface area contributed by atoms with E-state index in [1.54, 1.807) is 0 Å². The van der Waals surface area contributed by atoms with Crippen molar-refractivity contribution in [1.82, 2.24) is 9.97 Å². The summed E-state index contributed by atoms with van der Waals surface area (Å²) in [6, 6.07) is 1.52. The fourth-order valence-electron chi connectivity index (χ4n) is 0.598. The van der Waals surface area contributed by atoms with E-state index in [1.165, 1.54) is 12.3 Å². The molecule has 8 N–H and O–H groups in total. The Hall–Kier alpha value is -1.09. The number of rotatable bonds is 4. The molecule has 0 saturated carbocycles. The highest BCUT2D eigenvalue weighted by molar-refractivity contribution is 7.43. The van der Waals surface area contributed by atoms with Crippen LogP contribution in [0.3, 0.4) is 0 Å². The van der Waals surface area contributed by atoms with Gasteiger partial charge in [0.15, 0.2) is 0 Å². The van der Waals surface area contributed by atoms with Crippen LogP contribution < -0.4 is 16.9 Å². The smallest absolute Gasteiger partial charge is 0.346 e. The Morgan fingerprint density at radius 1 is 1.65 bits per heavy atom. The largest absolute Gasteiger partial charge is 0.394 e. The Morgan fingerprint density at radius 2 is 2.29 bits per heavy atom. The molecule has 0 aliphatic carbocycles. The number of aliphatic hydroxyl groups is 2. The van der Waals surface area contributed by atoms with E-state index < -0.39 is 20.3 Å². The zero-order valence-electron chi connectivity index (χ0n) is 8.85. The van der Waals surface area contributed by atoms with Gasteiger partial charge in [-0.05, 0) is 6.07 Å². The molecule has 0 fully saturated rings. The lowest BCUT2D eigenvalue weighted by atomic mass is 10.4. The van der Waals surface area contributed by atoms with E-state index in [4.69, 9.17) is 26.3 Å². The van der Waals surface area contributed by atoms with Gasteiger partial charge in [-0.25, -0.2) is 9.78 Å². The second kappa shape index (κ2) is 8.99. The third-order valence-corrected chi connectivity index (χ3v) is 1.72. The Morgan fingerprint density at radius 3 is 2.65 bits per heavy atom. The summed E-state index contributed by atoms with van der Waals surface area (Å²) in [6.45, 7) is -0.515. The number of nitrogens with zero attached hydrogens (tertiary/aromatic N) is 1. The van der Waals surface area contributed by atoms with E-state index in [0.717, 1.165) is 0 Å². The number of nitrogen functional groups attached to an aromatic ring is 1. The molecule has 0 aromatic carbocycles. The van der Waals surface area contributed by atoms with E-state index in [1.807, 2.05) is 0 Å². The minimum absolute atomic E-state index is 0.130. The summed E-state index contributed by atoms with van der Waals surface area (Å²) in [7, 11) is -1.91. The van der Waals surface area contributed by atoms with Gasteiger partial charge in [0.2, 0.25) is 8.53 Å². The fraction of sp³-hybridized carbons (Fsp3) is 0.429. The van der Waals surface area contributed by atoms with Crippen LogP contribution in [0, 0.1) is 0 Å². The van der Waals surface area contributed by atoms with Crippen LogP contribution in [0.1, 0.15) is 0 Å². The Kier molecular flexibility index (Phi) is 8.42. The number of H-pyrrole nitrogens is 1. The Labute approximate surface area is 98.0 Å². The number of nitrogens with one attached hydrogen (secondary N) is 1. The van der Waals surface area contributed by atoms with E-state index in [0.29, 0.717) is 5.82 Å². The molecule has 1 heterocycles. The maximum Gasteiger partial charge on any atom is 0.346 e. The van der Waals surface area contributed by atoms with Crippen molar-refractivity contribution in [1.29, 1.82) is 0 Å². The molecular formula is C7H15N4O5P. The number of nitrogens with two attached hydrogens (primary N) is 2. The molecule has 98 valence electrons. The molecule has 0 saturated heterocycles. The lowest BCUT2D eigenvalue weighted by Gasteiger charge is -2.07. The molecule has 0 aliphatic rings. The van der Waals surface area contributed by atoms with Crippen LogP contribution in [0.15, 0.2) is 17.1 Å². The zero-order valence-corrected chi connectivity index (χ0v) is 9.75. The van der Waals surface area contributed by atoms with E-state index in [-0.39, 0.29) is 13.2 Å². The SMILES string of the molecule is NP(O)OCC(O)CO.Nc1ccnc(=O)[nH]1. The summed E-state index contributed by atoms with van der Waals surface area (Å²) in [4.78, 5) is 24.2. The van der Waals surface area contributed by atoms with Gasteiger partial charge in [0.05, 0.1) is 13.2 Å². The number of aromatic nitrogens is 2. The van der Waals surface area contributed by atoms with Crippen molar-refractivity contribution in [2.24, 2.45) is 5.50 Å². The summed E-state index contributed by atoms with van der Waals surface area (Å²) in [5.41, 5.74) is 9.55. The lowest BCUT2D eigenvalue weighted by molar-refractivity contribution is 0.0542. The number of aromatic amines is 1. The first-order chi connectivity index (χ1) is 7.95. The van der Waals surface area contributed by atoms with Gasteiger partial charge in [0, 0.05) is 6.20 Å². The van der Waals surface area contributed by atoms with Crippen LogP contribution in [0.2, 0.25) is 0 Å². The first kappa shape index (κ1) is 15.9. The van der Waals surface area contributed by atoms with Crippen molar-refractivity contribution in [3.8, 4) is 0 Å². The summed E-state index contributed by atoms with van der Waals surface area (Å²) < 4.78 is 4.38. The first-order valence-electron chi connectivity index (χ1n) is 4.42. The number of aliphatic hydroxyl groups excluding tert-OH is 2. The van der Waals surface area contributed by atoms with Gasteiger partial charge in [0.25, 0.3) is 0 Å². The van der Waals surface area contributed by atoms with E-state index >= 15 is 0 Å². The van der Waals surface area contributed by atoms with Crippen LogP contribution in [0.25, 0.3) is 0 Å². The normalized spacial score (nSPS) is 13.4. The summed E-state index contributed by atoms with van der Waals surface area (Å²) in [6.07, 6.45) is 0.402. The van der Waals surface area contributed by atoms with Gasteiger partial charge in [-0.15, -0.1) is 0 Å². The standard InChI is InChI=1S/C4H5N3O.C3H10NO4P/c5-3-1-2-6-4(8)7-3;4-9(7)8-2-3(6)1-5/h1-2H,(H3,5,6,7,8);3,5-7H,1-2,4H2. The second-order valence-electron chi connectivity index (χ2n) is 2.77. The molecular weight excluding hydrogens is 251 g/mol. The second-order valence-corrected chi connectivity index (χ2v) is 3.63. The van der Waals surface area contributed by atoms with Crippen LogP contribution in [0.5, 0.6) is 0 Å². The van der Waals surface area contributed by atoms with Crippen molar-refractivity contribution in [2.75, 3.05) is 18.9 Å². The molecule has 1 rings (SSSR count). The van der Waals surface area contributed by atoms with Crippen molar-refractivity contribution in [3.63, 3.8) is 0 Å². The molecule has 1 aromatic heterocycles. The van der Waals surface area contributed by atoms with Gasteiger partial charge in [0.1, 0.15) is 11.9 Å². The predicted molar refractivity (Wildman–Crippen MR) is 61.6 cm³/mol. The highest BCUT2D eigenvalue weighted by Crippen LogP contribution is 2.18. The van der Waals surface area contributed by atoms with Crippen LogP contribution >= 0.6 is 8.53 Å². The quantitative estimate of drug-likeness (QED) is 0.336. The van der Waals surface area contributed by atoms with Gasteiger partial charge in [-0.2, -0.15) is 0 Å². The van der Waals surface area contributed by atoms with Crippen LogP contribution in [-0.2, 0) is 4.52 Å². The third kappa shape index (κ3) is 9.82. The molecule has 0 aliphatic heterocycles. The minimum atomic E-state index is -1.91. The van der Waals surface area contributed by atoms with E-state index in [2.05, 4.69) is 14.5 Å². The predicted octanol–water partition coefficient (Wildman–Crippen LogP) is -2.11. The molecule has 0 bridgehead atoms. The molecule has 1 aromatic rings. The number of hydrogen-bond donors (Lipinski definition) is 6. The van der Waals surface area contributed by atoms with Gasteiger partial charge < -0.3 is 25.4 Å². The minimum Gasteiger partial charge on any atom is -0.394 e. The maximum atomic E-state index is 10.2. The van der Waals surface area contributed by atoms with Gasteiger partial charge in [-0.3, -0.25) is 10.5 Å². The van der Waals surface area contributed by atoms with Crippen molar-refractivity contribution < 1.29 is 19.6 Å². The van der Waals surface area contributed by atoms with E-state index in [9.17, 15) is 4.79 Å². The van der Waals surface area contributed by atoms with Gasteiger partial charge >= 0.3 is 5.69 Å². The maximum absolute atomic E-state index is 10.2. The zero-order chi connectivity index (χ0) is 13.3. The Balaban J connectivity index is 0.000000302. The van der Waals surface area contributed by atoms with Crippen molar-refractivity contribution in [2.45, 2.75) is 6.10 Å².